The van der Waals surface area contributed by atoms with Gasteiger partial charge < -0.3 is 10.8 Å². The number of nitrogens with zero attached hydrogens (tertiary/aromatic N) is 1. The van der Waals surface area contributed by atoms with Gasteiger partial charge in [0.25, 0.3) is 0 Å². The van der Waals surface area contributed by atoms with Gasteiger partial charge in [0.15, 0.2) is 11.0 Å². The zero-order valence-corrected chi connectivity index (χ0v) is 7.68. The van der Waals surface area contributed by atoms with Crippen LogP contribution in [0, 0.1) is 5.82 Å². The molecule has 0 aliphatic heterocycles. The summed E-state index contributed by atoms with van der Waals surface area (Å²) in [6.07, 6.45) is 2.47. The van der Waals surface area contributed by atoms with Gasteiger partial charge in [-0.25, -0.2) is 9.37 Å². The quantitative estimate of drug-likeness (QED) is 0.732. The molecule has 0 aliphatic carbocycles. The van der Waals surface area contributed by atoms with Crippen molar-refractivity contribution in [2.45, 2.75) is 12.8 Å². The summed E-state index contributed by atoms with van der Waals surface area (Å²) in [4.78, 5) is 3.62. The second kappa shape index (κ2) is 4.39. The first kappa shape index (κ1) is 10.2. The molecule has 3 nitrogen and oxygen atoms in total. The fourth-order valence-corrected chi connectivity index (χ4v) is 1.13. The molecule has 0 radical (unpaired) electrons. The van der Waals surface area contributed by atoms with Crippen LogP contribution in [0.3, 0.4) is 0 Å². The third kappa shape index (κ3) is 2.29. The fourth-order valence-electron chi connectivity index (χ4n) is 0.982. The average molecular weight is 205 g/mol. The van der Waals surface area contributed by atoms with Crippen LogP contribution >= 0.6 is 11.6 Å². The largest absolute Gasteiger partial charge is 0.396 e. The maximum Gasteiger partial charge on any atom is 0.183 e. The van der Waals surface area contributed by atoms with E-state index >= 15 is 0 Å². The number of anilines is 1. The first-order valence-electron chi connectivity index (χ1n) is 3.86. The Labute approximate surface area is 80.3 Å². The van der Waals surface area contributed by atoms with Crippen molar-refractivity contribution in [1.82, 2.24) is 4.98 Å². The van der Waals surface area contributed by atoms with Gasteiger partial charge in [-0.05, 0) is 18.4 Å². The van der Waals surface area contributed by atoms with E-state index in [0.717, 1.165) is 0 Å². The lowest BCUT2D eigenvalue weighted by Gasteiger charge is -2.05. The van der Waals surface area contributed by atoms with E-state index in [4.69, 9.17) is 22.4 Å². The van der Waals surface area contributed by atoms with Crippen molar-refractivity contribution in [2.24, 2.45) is 0 Å². The lowest BCUT2D eigenvalue weighted by molar-refractivity contribution is 0.288. The summed E-state index contributed by atoms with van der Waals surface area (Å²) in [7, 11) is 0. The van der Waals surface area contributed by atoms with Crippen LogP contribution in [0.15, 0.2) is 6.20 Å². The minimum absolute atomic E-state index is 0.0217. The summed E-state index contributed by atoms with van der Waals surface area (Å²) < 4.78 is 13.0. The second-order valence-electron chi connectivity index (χ2n) is 2.63. The van der Waals surface area contributed by atoms with Gasteiger partial charge in [0, 0.05) is 12.8 Å². The van der Waals surface area contributed by atoms with Crippen LogP contribution in [0.5, 0.6) is 0 Å². The van der Waals surface area contributed by atoms with Crippen molar-refractivity contribution in [3.05, 3.63) is 22.7 Å². The maximum absolute atomic E-state index is 13.0. The number of pyridine rings is 1. The Kier molecular flexibility index (Phi) is 3.45. The highest BCUT2D eigenvalue weighted by molar-refractivity contribution is 6.29. The van der Waals surface area contributed by atoms with Crippen molar-refractivity contribution >= 4 is 17.3 Å². The van der Waals surface area contributed by atoms with Crippen LogP contribution < -0.4 is 5.73 Å². The number of nitrogen functional groups attached to an aromatic ring is 1. The molecule has 0 amide bonds. The van der Waals surface area contributed by atoms with E-state index in [2.05, 4.69) is 4.98 Å². The summed E-state index contributed by atoms with van der Waals surface area (Å²) >= 11 is 5.40. The molecule has 0 fully saturated rings. The molecule has 1 aromatic rings. The van der Waals surface area contributed by atoms with Crippen molar-refractivity contribution in [3.63, 3.8) is 0 Å². The van der Waals surface area contributed by atoms with Gasteiger partial charge in [-0.2, -0.15) is 0 Å². The Bertz CT molecular complexity index is 306. The molecular formula is C8H10ClFN2O. The molecule has 1 heterocycles. The highest BCUT2D eigenvalue weighted by atomic mass is 35.5. The van der Waals surface area contributed by atoms with Gasteiger partial charge in [-0.3, -0.25) is 0 Å². The molecule has 5 heteroatoms. The number of aryl methyl sites for hydroxylation is 1. The smallest absolute Gasteiger partial charge is 0.183 e. The highest BCUT2D eigenvalue weighted by Crippen LogP contribution is 2.22. The number of rotatable bonds is 3. The Morgan fingerprint density at radius 3 is 2.92 bits per heavy atom. The highest BCUT2D eigenvalue weighted by Gasteiger charge is 2.09. The average Bonchev–Trinajstić information content (AvgIpc) is 2.13. The third-order valence-corrected chi connectivity index (χ3v) is 1.97. The van der Waals surface area contributed by atoms with Crippen molar-refractivity contribution in [3.8, 4) is 0 Å². The molecule has 1 rings (SSSR count). The first-order valence-corrected chi connectivity index (χ1v) is 4.23. The molecule has 0 unspecified atom stereocenters. The van der Waals surface area contributed by atoms with Gasteiger partial charge in [-0.1, -0.05) is 11.6 Å². The van der Waals surface area contributed by atoms with Gasteiger partial charge in [-0.15, -0.1) is 0 Å². The molecule has 0 bridgehead atoms. The lowest BCUT2D eigenvalue weighted by Crippen LogP contribution is -2.01. The molecular weight excluding hydrogens is 195 g/mol. The van der Waals surface area contributed by atoms with E-state index < -0.39 is 5.82 Å². The first-order chi connectivity index (χ1) is 6.16. The van der Waals surface area contributed by atoms with Gasteiger partial charge in [0.2, 0.25) is 0 Å². The molecule has 72 valence electrons. The van der Waals surface area contributed by atoms with E-state index in [0.29, 0.717) is 18.4 Å². The Morgan fingerprint density at radius 1 is 1.62 bits per heavy atom. The summed E-state index contributed by atoms with van der Waals surface area (Å²) in [6.45, 7) is 0.0453. The molecule has 0 atom stereocenters. The Balaban J connectivity index is 2.90. The number of hydrogen-bond acceptors (Lipinski definition) is 3. The SMILES string of the molecule is Nc1c(CCCO)cnc(Cl)c1F. The lowest BCUT2D eigenvalue weighted by atomic mass is 10.1. The minimum atomic E-state index is -0.683. The second-order valence-corrected chi connectivity index (χ2v) is 2.99. The Hall–Kier alpha value is -0.870. The van der Waals surface area contributed by atoms with Crippen LogP contribution in [0.2, 0.25) is 5.15 Å². The number of halogens is 2. The predicted octanol–water partition coefficient (Wildman–Crippen LogP) is 1.38. The topological polar surface area (TPSA) is 59.1 Å². The van der Waals surface area contributed by atoms with Crippen LogP contribution in [-0.2, 0) is 6.42 Å². The van der Waals surface area contributed by atoms with E-state index in [1.54, 1.807) is 0 Å². The normalized spacial score (nSPS) is 10.4. The van der Waals surface area contributed by atoms with E-state index in [1.165, 1.54) is 6.20 Å². The van der Waals surface area contributed by atoms with Crippen molar-refractivity contribution < 1.29 is 9.50 Å². The molecule has 3 N–H and O–H groups in total. The fraction of sp³-hybridized carbons (Fsp3) is 0.375. The minimum Gasteiger partial charge on any atom is -0.396 e. The third-order valence-electron chi connectivity index (χ3n) is 1.70. The molecule has 0 saturated heterocycles. The summed E-state index contributed by atoms with van der Waals surface area (Å²) in [5.41, 5.74) is 6.04. The number of aromatic nitrogens is 1. The predicted molar refractivity (Wildman–Crippen MR) is 49.0 cm³/mol. The number of hydrogen-bond donors (Lipinski definition) is 2. The number of nitrogens with two attached hydrogens (primary N) is 1. The molecule has 0 spiro atoms. The standard InChI is InChI=1S/C8H10ClFN2O/c9-8-6(10)7(11)5(4-12-8)2-1-3-13/h4,13H,1-3H2,(H2,11,12). The monoisotopic (exact) mass is 204 g/mol. The van der Waals surface area contributed by atoms with Gasteiger partial charge in [0.1, 0.15) is 0 Å². The molecule has 0 saturated carbocycles. The van der Waals surface area contributed by atoms with E-state index in [-0.39, 0.29) is 17.4 Å². The van der Waals surface area contributed by atoms with E-state index in [1.807, 2.05) is 0 Å². The van der Waals surface area contributed by atoms with Gasteiger partial charge >= 0.3 is 0 Å². The number of aliphatic hydroxyl groups is 1. The van der Waals surface area contributed by atoms with Crippen molar-refractivity contribution in [2.75, 3.05) is 12.3 Å². The van der Waals surface area contributed by atoms with Crippen LogP contribution in [0.25, 0.3) is 0 Å². The summed E-state index contributed by atoms with van der Waals surface area (Å²) in [5.74, 6) is -0.683. The summed E-state index contributed by atoms with van der Waals surface area (Å²) in [6, 6.07) is 0. The van der Waals surface area contributed by atoms with Crippen molar-refractivity contribution in [1.29, 1.82) is 0 Å². The van der Waals surface area contributed by atoms with E-state index in [9.17, 15) is 4.39 Å². The maximum atomic E-state index is 13.0. The van der Waals surface area contributed by atoms with Crippen LogP contribution in [0.1, 0.15) is 12.0 Å². The van der Waals surface area contributed by atoms with Crippen LogP contribution in [-0.4, -0.2) is 16.7 Å². The molecule has 1 aromatic heterocycles. The Morgan fingerprint density at radius 2 is 2.31 bits per heavy atom. The van der Waals surface area contributed by atoms with Crippen LogP contribution in [0.4, 0.5) is 10.1 Å². The molecule has 0 aromatic carbocycles. The summed E-state index contributed by atoms with van der Waals surface area (Å²) in [5, 5.41) is 8.34. The zero-order chi connectivity index (χ0) is 9.84. The number of aliphatic hydroxyl groups excluding tert-OH is 1. The molecule has 0 aliphatic rings. The zero-order valence-electron chi connectivity index (χ0n) is 6.93. The molecule has 13 heavy (non-hydrogen) atoms. The van der Waals surface area contributed by atoms with Gasteiger partial charge in [0.05, 0.1) is 5.69 Å².